The maximum absolute atomic E-state index is 14.2. The van der Waals surface area contributed by atoms with Crippen LogP contribution in [0.3, 0.4) is 0 Å². The minimum Gasteiger partial charge on any atom is -0.481 e. The van der Waals surface area contributed by atoms with E-state index >= 15 is 0 Å². The van der Waals surface area contributed by atoms with E-state index in [1.165, 1.54) is 42.6 Å². The van der Waals surface area contributed by atoms with E-state index in [4.69, 9.17) is 14.2 Å². The molecule has 0 saturated carbocycles. The number of anilines is 1. The molecule has 8 nitrogen and oxygen atoms in total. The van der Waals surface area contributed by atoms with Gasteiger partial charge >= 0.3 is 6.01 Å². The molecule has 2 aromatic heterocycles. The van der Waals surface area contributed by atoms with Crippen molar-refractivity contribution >= 4 is 32.6 Å². The standard InChI is InChI=1S/C19H19FN4O4S/c1-26-15-9-13(21-18(22-15)27-2)17(25)24(10-11-5-4-8-28-11)19-23-16-12(20)6-3-7-14(16)29-19/h3,6-7,9,11H,4-5,8,10H2,1-2H3. The fraction of sp³-hybridized carbons (Fsp3) is 0.368. The van der Waals surface area contributed by atoms with Crippen molar-refractivity contribution in [1.29, 1.82) is 0 Å². The lowest BCUT2D eigenvalue weighted by atomic mass is 10.2. The number of carbonyl (C=O) groups excluding carboxylic acids is 1. The van der Waals surface area contributed by atoms with Crippen molar-refractivity contribution in [3.05, 3.63) is 35.8 Å². The number of benzene rings is 1. The van der Waals surface area contributed by atoms with Gasteiger partial charge in [-0.05, 0) is 25.0 Å². The summed E-state index contributed by atoms with van der Waals surface area (Å²) in [5, 5.41) is 0.377. The second kappa shape index (κ2) is 8.26. The van der Waals surface area contributed by atoms with E-state index in [1.807, 2.05) is 0 Å². The Morgan fingerprint density at radius 3 is 2.86 bits per heavy atom. The maximum Gasteiger partial charge on any atom is 0.320 e. The lowest BCUT2D eigenvalue weighted by Crippen LogP contribution is -2.38. The minimum atomic E-state index is -0.431. The van der Waals surface area contributed by atoms with Crippen LogP contribution in [0.25, 0.3) is 10.2 Å². The quantitative estimate of drug-likeness (QED) is 0.608. The van der Waals surface area contributed by atoms with Gasteiger partial charge in [0.05, 0.1) is 31.6 Å². The number of carbonyl (C=O) groups is 1. The van der Waals surface area contributed by atoms with E-state index in [9.17, 15) is 9.18 Å². The highest BCUT2D eigenvalue weighted by molar-refractivity contribution is 7.22. The summed E-state index contributed by atoms with van der Waals surface area (Å²) in [7, 11) is 2.85. The summed E-state index contributed by atoms with van der Waals surface area (Å²) in [4.78, 5) is 27.4. The second-order valence-electron chi connectivity index (χ2n) is 6.42. The molecule has 1 aliphatic rings. The largest absolute Gasteiger partial charge is 0.481 e. The fourth-order valence-electron chi connectivity index (χ4n) is 3.11. The molecule has 0 spiro atoms. The highest BCUT2D eigenvalue weighted by Crippen LogP contribution is 2.32. The number of thiazole rings is 1. The summed E-state index contributed by atoms with van der Waals surface area (Å²) < 4.78 is 30.7. The number of hydrogen-bond donors (Lipinski definition) is 0. The van der Waals surface area contributed by atoms with Crippen LogP contribution in [0.5, 0.6) is 11.9 Å². The predicted molar refractivity (Wildman–Crippen MR) is 105 cm³/mol. The molecular formula is C19H19FN4O4S. The molecule has 29 heavy (non-hydrogen) atoms. The van der Waals surface area contributed by atoms with Crippen molar-refractivity contribution in [2.24, 2.45) is 0 Å². The SMILES string of the molecule is COc1cc(C(=O)N(CC2CCCO2)c2nc3c(F)cccc3s2)nc(OC)n1. The van der Waals surface area contributed by atoms with Gasteiger partial charge in [0, 0.05) is 12.7 Å². The summed E-state index contributed by atoms with van der Waals surface area (Å²) in [5.41, 5.74) is 0.321. The summed E-state index contributed by atoms with van der Waals surface area (Å²) in [6.07, 6.45) is 1.64. The lowest BCUT2D eigenvalue weighted by molar-refractivity contribution is 0.0912. The number of ether oxygens (including phenoxy) is 3. The van der Waals surface area contributed by atoms with Gasteiger partial charge in [-0.15, -0.1) is 0 Å². The van der Waals surface area contributed by atoms with Crippen molar-refractivity contribution in [2.45, 2.75) is 18.9 Å². The van der Waals surface area contributed by atoms with Gasteiger partial charge in [-0.3, -0.25) is 9.69 Å². The molecule has 0 bridgehead atoms. The van der Waals surface area contributed by atoms with Crippen LogP contribution < -0.4 is 14.4 Å². The van der Waals surface area contributed by atoms with Gasteiger partial charge in [-0.1, -0.05) is 17.4 Å². The first kappa shape index (κ1) is 19.5. The van der Waals surface area contributed by atoms with Gasteiger partial charge in [0.15, 0.2) is 5.13 Å². The molecular weight excluding hydrogens is 399 g/mol. The van der Waals surface area contributed by atoms with E-state index in [0.717, 1.165) is 12.8 Å². The van der Waals surface area contributed by atoms with Crippen molar-refractivity contribution < 1.29 is 23.4 Å². The number of rotatable bonds is 6. The van der Waals surface area contributed by atoms with Crippen LogP contribution >= 0.6 is 11.3 Å². The normalized spacial score (nSPS) is 16.2. The van der Waals surface area contributed by atoms with Crippen molar-refractivity contribution in [3.8, 4) is 11.9 Å². The highest BCUT2D eigenvalue weighted by atomic mass is 32.1. The van der Waals surface area contributed by atoms with Gasteiger partial charge in [0.25, 0.3) is 5.91 Å². The first-order valence-corrected chi connectivity index (χ1v) is 9.86. The number of nitrogens with zero attached hydrogens (tertiary/aromatic N) is 4. The Morgan fingerprint density at radius 2 is 2.17 bits per heavy atom. The van der Waals surface area contributed by atoms with Crippen LogP contribution in [-0.2, 0) is 4.74 Å². The highest BCUT2D eigenvalue weighted by Gasteiger charge is 2.29. The number of fused-ring (bicyclic) bond motifs is 1. The van der Waals surface area contributed by atoms with Crippen LogP contribution in [0.15, 0.2) is 24.3 Å². The zero-order valence-corrected chi connectivity index (χ0v) is 16.7. The van der Waals surface area contributed by atoms with Gasteiger partial charge in [0.2, 0.25) is 5.88 Å². The Morgan fingerprint density at radius 1 is 1.31 bits per heavy atom. The summed E-state index contributed by atoms with van der Waals surface area (Å²) in [5.74, 6) is -0.647. The van der Waals surface area contributed by atoms with E-state index < -0.39 is 11.7 Å². The van der Waals surface area contributed by atoms with Crippen molar-refractivity contribution in [2.75, 3.05) is 32.3 Å². The number of aromatic nitrogens is 3. The van der Waals surface area contributed by atoms with E-state index in [1.54, 1.807) is 12.1 Å². The molecule has 1 saturated heterocycles. The summed E-state index contributed by atoms with van der Waals surface area (Å²) >= 11 is 1.24. The molecule has 1 aromatic carbocycles. The van der Waals surface area contributed by atoms with Crippen molar-refractivity contribution in [3.63, 3.8) is 0 Å². The Hall–Kier alpha value is -2.85. The van der Waals surface area contributed by atoms with Gasteiger partial charge in [0.1, 0.15) is 17.0 Å². The number of methoxy groups -OCH3 is 2. The van der Waals surface area contributed by atoms with Gasteiger partial charge in [-0.2, -0.15) is 9.97 Å². The van der Waals surface area contributed by atoms with E-state index in [0.29, 0.717) is 16.4 Å². The molecule has 3 heterocycles. The number of amides is 1. The van der Waals surface area contributed by atoms with E-state index in [-0.39, 0.29) is 35.7 Å². The molecule has 152 valence electrons. The molecule has 1 amide bonds. The third-order valence-electron chi connectivity index (χ3n) is 4.54. The minimum absolute atomic E-state index is 0.0140. The van der Waals surface area contributed by atoms with Gasteiger partial charge < -0.3 is 14.2 Å². The number of hydrogen-bond acceptors (Lipinski definition) is 8. The third-order valence-corrected chi connectivity index (χ3v) is 5.58. The molecule has 1 unspecified atom stereocenters. The molecule has 1 aliphatic heterocycles. The zero-order valence-electron chi connectivity index (χ0n) is 15.9. The Bertz CT molecular complexity index is 1020. The molecule has 0 N–H and O–H groups in total. The fourth-order valence-corrected chi connectivity index (χ4v) is 4.09. The molecule has 10 heteroatoms. The molecule has 0 radical (unpaired) electrons. The monoisotopic (exact) mass is 418 g/mol. The first-order valence-electron chi connectivity index (χ1n) is 9.04. The van der Waals surface area contributed by atoms with Crippen LogP contribution in [0.1, 0.15) is 23.3 Å². The molecule has 3 aromatic rings. The molecule has 1 fully saturated rings. The van der Waals surface area contributed by atoms with Crippen LogP contribution in [0.4, 0.5) is 9.52 Å². The van der Waals surface area contributed by atoms with E-state index in [2.05, 4.69) is 15.0 Å². The summed E-state index contributed by atoms with van der Waals surface area (Å²) in [6.45, 7) is 0.936. The van der Waals surface area contributed by atoms with Gasteiger partial charge in [-0.25, -0.2) is 9.37 Å². The summed E-state index contributed by atoms with van der Waals surface area (Å²) in [6, 6.07) is 6.18. The topological polar surface area (TPSA) is 86.7 Å². The number of halogens is 1. The Balaban J connectivity index is 1.75. The lowest BCUT2D eigenvalue weighted by Gasteiger charge is -2.22. The molecule has 1 atom stereocenters. The average molecular weight is 418 g/mol. The smallest absolute Gasteiger partial charge is 0.320 e. The zero-order chi connectivity index (χ0) is 20.4. The maximum atomic E-state index is 14.2. The third kappa shape index (κ3) is 3.99. The molecule has 4 rings (SSSR count). The second-order valence-corrected chi connectivity index (χ2v) is 7.43. The van der Waals surface area contributed by atoms with Crippen LogP contribution in [0.2, 0.25) is 0 Å². The van der Waals surface area contributed by atoms with Crippen molar-refractivity contribution in [1.82, 2.24) is 15.0 Å². The Kier molecular flexibility index (Phi) is 5.54. The Labute approximate surface area is 170 Å². The molecule has 0 aliphatic carbocycles. The number of para-hydroxylation sites is 1. The first-order chi connectivity index (χ1) is 14.1. The predicted octanol–water partition coefficient (Wildman–Crippen LogP) is 3.07. The van der Waals surface area contributed by atoms with Crippen LogP contribution in [-0.4, -0.2) is 54.3 Å². The average Bonchev–Trinajstić information content (AvgIpc) is 3.41. The van der Waals surface area contributed by atoms with Crippen LogP contribution in [0, 0.1) is 5.82 Å².